The molecule has 1 atom stereocenters. The van der Waals surface area contributed by atoms with Crippen molar-refractivity contribution in [2.45, 2.75) is 31.8 Å². The lowest BCUT2D eigenvalue weighted by Crippen LogP contribution is -2.33. The Morgan fingerprint density at radius 3 is 2.77 bits per heavy atom. The molecule has 0 saturated carbocycles. The lowest BCUT2D eigenvalue weighted by Gasteiger charge is -2.24. The van der Waals surface area contributed by atoms with Crippen LogP contribution in [0.1, 0.15) is 30.1 Å². The summed E-state index contributed by atoms with van der Waals surface area (Å²) in [5.41, 5.74) is 4.53. The Bertz CT molecular complexity index is 1240. The number of benzene rings is 2. The SMILES string of the molecule is COc1ccc2c(ccn2CC(=O)N[C@H]2CCCc3c2[nH]c2ccc(OC)cc32)c1. The van der Waals surface area contributed by atoms with Gasteiger partial charge in [-0.25, -0.2) is 0 Å². The van der Waals surface area contributed by atoms with Crippen molar-refractivity contribution in [3.63, 3.8) is 0 Å². The van der Waals surface area contributed by atoms with Crippen molar-refractivity contribution in [2.24, 2.45) is 0 Å². The summed E-state index contributed by atoms with van der Waals surface area (Å²) in [6.07, 6.45) is 4.95. The first-order chi connectivity index (χ1) is 14.7. The summed E-state index contributed by atoms with van der Waals surface area (Å²) in [5, 5.41) is 5.49. The summed E-state index contributed by atoms with van der Waals surface area (Å²) in [6.45, 7) is 0.287. The molecule has 154 valence electrons. The summed E-state index contributed by atoms with van der Waals surface area (Å²) in [7, 11) is 3.34. The first kappa shape index (κ1) is 18.6. The largest absolute Gasteiger partial charge is 0.497 e. The molecular weight excluding hydrogens is 378 g/mol. The van der Waals surface area contributed by atoms with Crippen molar-refractivity contribution in [2.75, 3.05) is 14.2 Å². The molecule has 5 rings (SSSR count). The van der Waals surface area contributed by atoms with Crippen LogP contribution in [0.25, 0.3) is 21.8 Å². The van der Waals surface area contributed by atoms with E-state index in [2.05, 4.69) is 16.4 Å². The molecular formula is C24H25N3O3. The average Bonchev–Trinajstić information content (AvgIpc) is 3.34. The number of rotatable bonds is 5. The van der Waals surface area contributed by atoms with Crippen molar-refractivity contribution >= 4 is 27.7 Å². The van der Waals surface area contributed by atoms with Gasteiger partial charge in [0.05, 0.1) is 20.3 Å². The van der Waals surface area contributed by atoms with Crippen LogP contribution in [0.3, 0.4) is 0 Å². The van der Waals surface area contributed by atoms with Gasteiger partial charge in [0.15, 0.2) is 0 Å². The van der Waals surface area contributed by atoms with Crippen molar-refractivity contribution in [3.05, 3.63) is 59.9 Å². The van der Waals surface area contributed by atoms with Gasteiger partial charge < -0.3 is 24.3 Å². The molecule has 30 heavy (non-hydrogen) atoms. The van der Waals surface area contributed by atoms with Crippen LogP contribution in [-0.4, -0.2) is 29.7 Å². The molecule has 6 nitrogen and oxygen atoms in total. The highest BCUT2D eigenvalue weighted by Crippen LogP contribution is 2.36. The summed E-state index contributed by atoms with van der Waals surface area (Å²) >= 11 is 0. The van der Waals surface area contributed by atoms with E-state index in [0.717, 1.165) is 52.9 Å². The third-order valence-electron chi connectivity index (χ3n) is 6.04. The maximum Gasteiger partial charge on any atom is 0.240 e. The van der Waals surface area contributed by atoms with Crippen LogP contribution in [-0.2, 0) is 17.8 Å². The zero-order chi connectivity index (χ0) is 20.7. The van der Waals surface area contributed by atoms with Crippen molar-refractivity contribution < 1.29 is 14.3 Å². The van der Waals surface area contributed by atoms with Gasteiger partial charge in [0.1, 0.15) is 18.0 Å². The minimum atomic E-state index is 0.00145. The summed E-state index contributed by atoms with van der Waals surface area (Å²) in [6, 6.07) is 14.0. The average molecular weight is 403 g/mol. The molecule has 1 amide bonds. The van der Waals surface area contributed by atoms with Gasteiger partial charge in [-0.05, 0) is 67.3 Å². The number of aromatic amines is 1. The molecule has 0 aliphatic heterocycles. The molecule has 0 spiro atoms. The van der Waals surface area contributed by atoms with E-state index in [9.17, 15) is 4.79 Å². The van der Waals surface area contributed by atoms with E-state index in [4.69, 9.17) is 9.47 Å². The Morgan fingerprint density at radius 2 is 1.93 bits per heavy atom. The molecule has 4 aromatic rings. The molecule has 1 aliphatic rings. The second-order valence-electron chi connectivity index (χ2n) is 7.81. The zero-order valence-corrected chi connectivity index (χ0v) is 17.2. The van der Waals surface area contributed by atoms with E-state index in [1.807, 2.05) is 47.2 Å². The highest BCUT2D eigenvalue weighted by Gasteiger charge is 2.26. The molecule has 2 aromatic carbocycles. The van der Waals surface area contributed by atoms with Crippen LogP contribution >= 0.6 is 0 Å². The number of hydrogen-bond acceptors (Lipinski definition) is 3. The number of aryl methyl sites for hydroxylation is 1. The molecule has 0 bridgehead atoms. The van der Waals surface area contributed by atoms with Crippen molar-refractivity contribution in [1.29, 1.82) is 0 Å². The van der Waals surface area contributed by atoms with E-state index in [1.165, 1.54) is 10.9 Å². The number of ether oxygens (including phenoxy) is 2. The minimum absolute atomic E-state index is 0.00145. The van der Waals surface area contributed by atoms with Gasteiger partial charge in [-0.1, -0.05) is 0 Å². The standard InChI is InChI=1S/C24H25N3O3/c1-29-16-7-9-22-15(12-16)10-11-27(22)14-23(28)25-21-5-3-4-18-19-13-17(30-2)6-8-20(19)26-24(18)21/h6-13,21,26H,3-5,14H2,1-2H3,(H,25,28)/t21-/m0/s1. The number of methoxy groups -OCH3 is 2. The van der Waals surface area contributed by atoms with Crippen LogP contribution in [0.15, 0.2) is 48.7 Å². The molecule has 2 N–H and O–H groups in total. The number of carbonyl (C=O) groups excluding carboxylic acids is 1. The quantitative estimate of drug-likeness (QED) is 0.521. The topological polar surface area (TPSA) is 68.3 Å². The molecule has 2 heterocycles. The normalized spacial score (nSPS) is 15.9. The summed E-state index contributed by atoms with van der Waals surface area (Å²) in [5.74, 6) is 1.68. The lowest BCUT2D eigenvalue weighted by molar-refractivity contribution is -0.122. The van der Waals surface area contributed by atoms with Gasteiger partial charge in [-0.2, -0.15) is 0 Å². The predicted molar refractivity (Wildman–Crippen MR) is 117 cm³/mol. The van der Waals surface area contributed by atoms with Crippen LogP contribution < -0.4 is 14.8 Å². The number of hydrogen-bond donors (Lipinski definition) is 2. The van der Waals surface area contributed by atoms with E-state index in [-0.39, 0.29) is 18.5 Å². The van der Waals surface area contributed by atoms with Gasteiger partial charge in [0.25, 0.3) is 0 Å². The van der Waals surface area contributed by atoms with Gasteiger partial charge in [-0.15, -0.1) is 0 Å². The smallest absolute Gasteiger partial charge is 0.240 e. The third-order valence-corrected chi connectivity index (χ3v) is 6.04. The second kappa shape index (κ2) is 7.44. The zero-order valence-electron chi connectivity index (χ0n) is 17.2. The van der Waals surface area contributed by atoms with Gasteiger partial charge in [0.2, 0.25) is 5.91 Å². The van der Waals surface area contributed by atoms with Crippen molar-refractivity contribution in [1.82, 2.24) is 14.9 Å². The second-order valence-corrected chi connectivity index (χ2v) is 7.81. The van der Waals surface area contributed by atoms with E-state index in [1.54, 1.807) is 14.2 Å². The van der Waals surface area contributed by atoms with E-state index in [0.29, 0.717) is 0 Å². The predicted octanol–water partition coefficient (Wildman–Crippen LogP) is 4.33. The summed E-state index contributed by atoms with van der Waals surface area (Å²) < 4.78 is 12.7. The minimum Gasteiger partial charge on any atom is -0.497 e. The fraction of sp³-hybridized carbons (Fsp3) is 0.292. The third kappa shape index (κ3) is 3.18. The Balaban J connectivity index is 1.37. The number of nitrogens with one attached hydrogen (secondary N) is 2. The van der Waals surface area contributed by atoms with E-state index >= 15 is 0 Å². The molecule has 2 aromatic heterocycles. The Labute approximate surface area is 174 Å². The molecule has 0 saturated heterocycles. The number of H-pyrrole nitrogens is 1. The monoisotopic (exact) mass is 403 g/mol. The lowest BCUT2D eigenvalue weighted by atomic mass is 9.91. The van der Waals surface area contributed by atoms with Crippen LogP contribution in [0, 0.1) is 0 Å². The van der Waals surface area contributed by atoms with E-state index < -0.39 is 0 Å². The van der Waals surface area contributed by atoms with Crippen LogP contribution in [0.2, 0.25) is 0 Å². The van der Waals surface area contributed by atoms with Crippen molar-refractivity contribution in [3.8, 4) is 11.5 Å². The number of fused-ring (bicyclic) bond motifs is 4. The highest BCUT2D eigenvalue weighted by molar-refractivity contribution is 5.87. The number of aromatic nitrogens is 2. The molecule has 1 aliphatic carbocycles. The maximum atomic E-state index is 12.9. The number of amides is 1. The summed E-state index contributed by atoms with van der Waals surface area (Å²) in [4.78, 5) is 16.4. The number of nitrogens with zero attached hydrogens (tertiary/aromatic N) is 1. The molecule has 6 heteroatoms. The number of carbonyl (C=O) groups is 1. The highest BCUT2D eigenvalue weighted by atomic mass is 16.5. The fourth-order valence-electron chi connectivity index (χ4n) is 4.55. The fourth-order valence-corrected chi connectivity index (χ4v) is 4.55. The Hall–Kier alpha value is -3.41. The van der Waals surface area contributed by atoms with Crippen LogP contribution in [0.4, 0.5) is 0 Å². The van der Waals surface area contributed by atoms with Crippen LogP contribution in [0.5, 0.6) is 11.5 Å². The maximum absolute atomic E-state index is 12.9. The first-order valence-corrected chi connectivity index (χ1v) is 10.3. The first-order valence-electron chi connectivity index (χ1n) is 10.3. The van der Waals surface area contributed by atoms with Gasteiger partial charge >= 0.3 is 0 Å². The molecule has 0 unspecified atom stereocenters. The van der Waals surface area contributed by atoms with Gasteiger partial charge in [-0.3, -0.25) is 4.79 Å². The molecule has 0 radical (unpaired) electrons. The Kier molecular flexibility index (Phi) is 4.62. The van der Waals surface area contributed by atoms with Gasteiger partial charge in [0, 0.05) is 33.7 Å². The molecule has 0 fully saturated rings. The Morgan fingerprint density at radius 1 is 1.13 bits per heavy atom.